The molecule has 2 rings (SSSR count). The van der Waals surface area contributed by atoms with Crippen LogP contribution < -0.4 is 5.32 Å². The highest BCUT2D eigenvalue weighted by Gasteiger charge is 2.40. The van der Waals surface area contributed by atoms with E-state index in [9.17, 15) is 13.2 Å². The Balaban J connectivity index is 2.34. The fourth-order valence-electron chi connectivity index (χ4n) is 2.21. The van der Waals surface area contributed by atoms with E-state index in [0.29, 0.717) is 5.75 Å². The summed E-state index contributed by atoms with van der Waals surface area (Å²) in [4.78, 5) is 12.4. The molecular weight excluding hydrogens is 370 g/mol. The molecule has 1 unspecified atom stereocenters. The molecule has 1 heterocycles. The molecule has 1 fully saturated rings. The molecule has 130 valence electrons. The van der Waals surface area contributed by atoms with Crippen molar-refractivity contribution in [3.63, 3.8) is 0 Å². The van der Waals surface area contributed by atoms with E-state index >= 15 is 0 Å². The number of nitrogens with one attached hydrogen (secondary N) is 1. The Kier molecular flexibility index (Phi) is 5.50. The number of nitrogens with zero attached hydrogens (tertiary/aromatic N) is 2. The minimum Gasteiger partial charge on any atom is -0.350 e. The fourth-order valence-corrected chi connectivity index (χ4v) is 5.55. The lowest BCUT2D eigenvalue weighted by Crippen LogP contribution is -2.52. The van der Waals surface area contributed by atoms with Gasteiger partial charge in [0.2, 0.25) is 15.9 Å². The number of nitriles is 1. The molecule has 0 bridgehead atoms. The molecule has 0 saturated carbocycles. The zero-order valence-electron chi connectivity index (χ0n) is 13.5. The average Bonchev–Trinajstić information content (AvgIpc) is 2.96. The van der Waals surface area contributed by atoms with Crippen molar-refractivity contribution in [2.24, 2.45) is 0 Å². The van der Waals surface area contributed by atoms with E-state index in [1.165, 1.54) is 34.3 Å². The quantitative estimate of drug-likeness (QED) is 0.858. The van der Waals surface area contributed by atoms with Gasteiger partial charge in [-0.1, -0.05) is 11.6 Å². The van der Waals surface area contributed by atoms with Crippen LogP contribution in [0.3, 0.4) is 0 Å². The van der Waals surface area contributed by atoms with Gasteiger partial charge in [-0.25, -0.2) is 8.42 Å². The minimum absolute atomic E-state index is 0.0421. The van der Waals surface area contributed by atoms with Crippen LogP contribution in [0, 0.1) is 11.3 Å². The van der Waals surface area contributed by atoms with Gasteiger partial charge in [0.1, 0.15) is 12.1 Å². The molecule has 1 aromatic carbocycles. The lowest BCUT2D eigenvalue weighted by molar-refractivity contribution is -0.125. The molecule has 0 radical (unpaired) electrons. The van der Waals surface area contributed by atoms with Crippen LogP contribution >= 0.6 is 23.4 Å². The van der Waals surface area contributed by atoms with Crippen LogP contribution in [0.4, 0.5) is 0 Å². The number of thioether (sulfide) groups is 1. The lowest BCUT2D eigenvalue weighted by atomic mass is 10.1. The van der Waals surface area contributed by atoms with Crippen molar-refractivity contribution in [2.45, 2.75) is 37.2 Å². The molecule has 24 heavy (non-hydrogen) atoms. The van der Waals surface area contributed by atoms with Crippen LogP contribution in [0.15, 0.2) is 23.1 Å². The van der Waals surface area contributed by atoms with Crippen LogP contribution in [0.5, 0.6) is 0 Å². The molecule has 0 aliphatic carbocycles. The van der Waals surface area contributed by atoms with Gasteiger partial charge in [-0.3, -0.25) is 4.79 Å². The number of benzene rings is 1. The standard InChI is InChI=1S/C15H18ClN3O3S2/c1-15(2,3)18-14(20)13-8-23-9-19(13)24(21,22)11-4-5-12(16)10(6-11)7-17/h4-6,13H,8-9H2,1-3H3,(H,18,20). The SMILES string of the molecule is CC(C)(C)NC(=O)C1CSCN1S(=O)(=O)c1ccc(Cl)c(C#N)c1. The summed E-state index contributed by atoms with van der Waals surface area (Å²) in [5.74, 6) is 0.250. The summed E-state index contributed by atoms with van der Waals surface area (Å²) in [6, 6.07) is 5.04. The van der Waals surface area contributed by atoms with Gasteiger partial charge < -0.3 is 5.32 Å². The third kappa shape index (κ3) is 4.03. The first-order valence-electron chi connectivity index (χ1n) is 7.17. The predicted molar refractivity (Wildman–Crippen MR) is 94.2 cm³/mol. The summed E-state index contributed by atoms with van der Waals surface area (Å²) in [6.45, 7) is 5.51. The molecule has 1 N–H and O–H groups in total. The Labute approximate surface area is 151 Å². The normalized spacial score (nSPS) is 19.0. The van der Waals surface area contributed by atoms with Crippen LogP contribution in [0.2, 0.25) is 5.02 Å². The van der Waals surface area contributed by atoms with Crippen molar-refractivity contribution in [1.82, 2.24) is 9.62 Å². The molecule has 1 aromatic rings. The zero-order valence-corrected chi connectivity index (χ0v) is 15.9. The van der Waals surface area contributed by atoms with Crippen LogP contribution in [0.25, 0.3) is 0 Å². The Morgan fingerprint density at radius 1 is 1.46 bits per heavy atom. The second-order valence-electron chi connectivity index (χ2n) is 6.40. The molecule has 1 saturated heterocycles. The third-order valence-electron chi connectivity index (χ3n) is 3.31. The summed E-state index contributed by atoms with van der Waals surface area (Å²) in [6.07, 6.45) is 0. The van der Waals surface area contributed by atoms with Crippen LogP contribution in [-0.2, 0) is 14.8 Å². The van der Waals surface area contributed by atoms with Gasteiger partial charge in [-0.2, -0.15) is 9.57 Å². The number of sulfonamides is 1. The molecule has 0 aromatic heterocycles. The molecule has 9 heteroatoms. The van der Waals surface area contributed by atoms with E-state index in [-0.39, 0.29) is 27.3 Å². The molecule has 6 nitrogen and oxygen atoms in total. The van der Waals surface area contributed by atoms with E-state index in [4.69, 9.17) is 16.9 Å². The summed E-state index contributed by atoms with van der Waals surface area (Å²) >= 11 is 7.23. The fraction of sp³-hybridized carbons (Fsp3) is 0.467. The number of hydrogen-bond donors (Lipinski definition) is 1. The van der Waals surface area contributed by atoms with Crippen LogP contribution in [-0.4, -0.2) is 41.8 Å². The molecule has 1 aliphatic heterocycles. The average molecular weight is 388 g/mol. The van der Waals surface area contributed by atoms with Crippen molar-refractivity contribution in [2.75, 3.05) is 11.6 Å². The van der Waals surface area contributed by atoms with E-state index in [1.54, 1.807) is 0 Å². The van der Waals surface area contributed by atoms with Crippen LogP contribution in [0.1, 0.15) is 26.3 Å². The van der Waals surface area contributed by atoms with E-state index < -0.39 is 21.6 Å². The van der Waals surface area contributed by atoms with Crippen molar-refractivity contribution in [3.05, 3.63) is 28.8 Å². The summed E-state index contributed by atoms with van der Waals surface area (Å²) in [7, 11) is -3.90. The first-order chi connectivity index (χ1) is 11.1. The predicted octanol–water partition coefficient (Wildman–Crippen LogP) is 2.19. The van der Waals surface area contributed by atoms with Gasteiger partial charge >= 0.3 is 0 Å². The highest BCUT2D eigenvalue weighted by Crippen LogP contribution is 2.30. The zero-order chi connectivity index (χ0) is 18.1. The first-order valence-corrected chi connectivity index (χ1v) is 10.1. The Bertz CT molecular complexity index is 797. The van der Waals surface area contributed by atoms with Crippen molar-refractivity contribution < 1.29 is 13.2 Å². The summed E-state index contributed by atoms with van der Waals surface area (Å²) in [5.41, 5.74) is -0.367. The van der Waals surface area contributed by atoms with Crippen molar-refractivity contribution in [1.29, 1.82) is 5.26 Å². The topological polar surface area (TPSA) is 90.3 Å². The Morgan fingerprint density at radius 3 is 2.71 bits per heavy atom. The highest BCUT2D eigenvalue weighted by molar-refractivity contribution is 8.00. The number of carbonyl (C=O) groups excluding carboxylic acids is 1. The van der Waals surface area contributed by atoms with E-state index in [1.807, 2.05) is 26.8 Å². The number of rotatable bonds is 3. The highest BCUT2D eigenvalue weighted by atomic mass is 35.5. The van der Waals surface area contributed by atoms with E-state index in [2.05, 4.69) is 5.32 Å². The maximum Gasteiger partial charge on any atom is 0.244 e. The van der Waals surface area contributed by atoms with Gasteiger partial charge in [-0.15, -0.1) is 11.8 Å². The molecular formula is C15H18ClN3O3S2. The molecule has 0 spiro atoms. The second kappa shape index (κ2) is 6.92. The first kappa shape index (κ1) is 19.1. The van der Waals surface area contributed by atoms with Gasteiger partial charge in [0.15, 0.2) is 0 Å². The number of hydrogen-bond acceptors (Lipinski definition) is 5. The Hall–Kier alpha value is -1.27. The minimum atomic E-state index is -3.90. The number of carbonyl (C=O) groups is 1. The second-order valence-corrected chi connectivity index (χ2v) is 9.70. The third-order valence-corrected chi connectivity index (χ3v) is 6.66. The number of halogens is 1. The van der Waals surface area contributed by atoms with E-state index in [0.717, 1.165) is 0 Å². The summed E-state index contributed by atoms with van der Waals surface area (Å²) in [5, 5.41) is 12.0. The largest absolute Gasteiger partial charge is 0.350 e. The monoisotopic (exact) mass is 387 g/mol. The number of amides is 1. The van der Waals surface area contributed by atoms with Gasteiger partial charge in [0, 0.05) is 11.3 Å². The lowest BCUT2D eigenvalue weighted by Gasteiger charge is -2.27. The van der Waals surface area contributed by atoms with Gasteiger partial charge in [0.05, 0.1) is 21.4 Å². The maximum atomic E-state index is 12.9. The summed E-state index contributed by atoms with van der Waals surface area (Å²) < 4.78 is 26.9. The van der Waals surface area contributed by atoms with Gasteiger partial charge in [-0.05, 0) is 39.0 Å². The smallest absolute Gasteiger partial charge is 0.244 e. The van der Waals surface area contributed by atoms with Gasteiger partial charge in [0.25, 0.3) is 0 Å². The Morgan fingerprint density at radius 2 is 2.12 bits per heavy atom. The van der Waals surface area contributed by atoms with Crippen molar-refractivity contribution in [3.8, 4) is 6.07 Å². The molecule has 1 aliphatic rings. The molecule has 1 amide bonds. The van der Waals surface area contributed by atoms with Crippen molar-refractivity contribution >= 4 is 39.3 Å². The molecule has 1 atom stereocenters. The maximum absolute atomic E-state index is 12.9.